The molecule has 1 aromatic rings. The lowest BCUT2D eigenvalue weighted by molar-refractivity contribution is -0.170. The van der Waals surface area contributed by atoms with Gasteiger partial charge in [-0.1, -0.05) is 6.42 Å². The number of amides is 1. The van der Waals surface area contributed by atoms with E-state index >= 15 is 0 Å². The lowest BCUT2D eigenvalue weighted by atomic mass is 9.83. The quantitative estimate of drug-likeness (QED) is 0.878. The molecule has 2 N–H and O–H groups in total. The highest BCUT2D eigenvalue weighted by atomic mass is 19.3. The molecule has 0 radical (unpaired) electrons. The highest BCUT2D eigenvalue weighted by Crippen LogP contribution is 2.35. The molecule has 0 spiro atoms. The third kappa shape index (κ3) is 3.45. The van der Waals surface area contributed by atoms with Crippen LogP contribution < -0.4 is 5.32 Å². The zero-order valence-corrected chi connectivity index (χ0v) is 12.4. The largest absolute Gasteiger partial charge is 0.349 e. The summed E-state index contributed by atoms with van der Waals surface area (Å²) in [7, 11) is 0. The van der Waals surface area contributed by atoms with Gasteiger partial charge in [-0.3, -0.25) is 9.89 Å². The number of ether oxygens (including phenoxy) is 1. The van der Waals surface area contributed by atoms with Crippen LogP contribution >= 0.6 is 0 Å². The van der Waals surface area contributed by atoms with Gasteiger partial charge in [0.05, 0.1) is 23.6 Å². The average Bonchev–Trinajstić information content (AvgIpc) is 2.91. The molecule has 1 heterocycles. The Morgan fingerprint density at radius 2 is 2.09 bits per heavy atom. The summed E-state index contributed by atoms with van der Waals surface area (Å²) in [6.45, 7) is -2.74. The summed E-state index contributed by atoms with van der Waals surface area (Å²) in [6, 6.07) is 0.261. The Balaban J connectivity index is 1.66. The van der Waals surface area contributed by atoms with Gasteiger partial charge in [0.15, 0.2) is 0 Å². The molecule has 0 saturated heterocycles. The summed E-state index contributed by atoms with van der Waals surface area (Å²) >= 11 is 0. The minimum absolute atomic E-state index is 0.0159. The van der Waals surface area contributed by atoms with Gasteiger partial charge < -0.3 is 10.1 Å². The molecule has 0 aliphatic heterocycles. The standard InChI is InChI=1S/C15H21F2N3O2/c16-15(17)22-11-6-1-3-9(7-11)13-12(8-18-20-13)14(21)19-10-4-2-5-10/h8-11,15H,1-7H2,(H,18,20)(H,19,21). The van der Waals surface area contributed by atoms with Gasteiger partial charge in [-0.05, 0) is 38.5 Å². The zero-order chi connectivity index (χ0) is 15.5. The number of H-pyrrole nitrogens is 1. The molecule has 2 fully saturated rings. The second kappa shape index (κ2) is 6.73. The maximum absolute atomic E-state index is 12.4. The van der Waals surface area contributed by atoms with Crippen molar-refractivity contribution in [3.63, 3.8) is 0 Å². The molecule has 2 unspecified atom stereocenters. The number of alkyl halides is 2. The van der Waals surface area contributed by atoms with E-state index in [9.17, 15) is 13.6 Å². The molecule has 2 aliphatic rings. The molecule has 0 bridgehead atoms. The van der Waals surface area contributed by atoms with Crippen molar-refractivity contribution in [2.45, 2.75) is 69.6 Å². The van der Waals surface area contributed by atoms with E-state index in [0.29, 0.717) is 18.4 Å². The Morgan fingerprint density at radius 3 is 2.77 bits per heavy atom. The van der Waals surface area contributed by atoms with Gasteiger partial charge >= 0.3 is 6.61 Å². The normalized spacial score (nSPS) is 26.0. The van der Waals surface area contributed by atoms with Crippen LogP contribution in [0.25, 0.3) is 0 Å². The first-order chi connectivity index (χ1) is 10.6. The van der Waals surface area contributed by atoms with Gasteiger partial charge in [0.25, 0.3) is 5.91 Å². The van der Waals surface area contributed by atoms with E-state index < -0.39 is 12.7 Å². The van der Waals surface area contributed by atoms with E-state index in [1.54, 1.807) is 0 Å². The fourth-order valence-electron chi connectivity index (χ4n) is 3.28. The van der Waals surface area contributed by atoms with Gasteiger partial charge in [0, 0.05) is 12.0 Å². The zero-order valence-electron chi connectivity index (χ0n) is 12.4. The minimum Gasteiger partial charge on any atom is -0.349 e. The second-order valence-electron chi connectivity index (χ2n) is 6.18. The molecule has 7 heteroatoms. The first-order valence-corrected chi connectivity index (χ1v) is 7.91. The lowest BCUT2D eigenvalue weighted by Gasteiger charge is -2.29. The molecular weight excluding hydrogens is 292 g/mol. The topological polar surface area (TPSA) is 67.0 Å². The molecule has 3 rings (SSSR count). The maximum atomic E-state index is 12.4. The number of hydrogen-bond donors (Lipinski definition) is 2. The molecule has 0 aromatic carbocycles. The predicted molar refractivity (Wildman–Crippen MR) is 75.8 cm³/mol. The first kappa shape index (κ1) is 15.4. The van der Waals surface area contributed by atoms with Crippen LogP contribution in [-0.4, -0.2) is 34.9 Å². The van der Waals surface area contributed by atoms with E-state index in [2.05, 4.69) is 20.3 Å². The van der Waals surface area contributed by atoms with Crippen LogP contribution in [0.3, 0.4) is 0 Å². The number of nitrogens with zero attached hydrogens (tertiary/aromatic N) is 1. The van der Waals surface area contributed by atoms with E-state index in [1.165, 1.54) is 6.20 Å². The Labute approximate surface area is 127 Å². The van der Waals surface area contributed by atoms with Gasteiger partial charge in [-0.2, -0.15) is 13.9 Å². The number of aromatic amines is 1. The number of nitrogens with one attached hydrogen (secondary N) is 2. The summed E-state index contributed by atoms with van der Waals surface area (Å²) in [5.74, 6) is -0.104. The van der Waals surface area contributed by atoms with Crippen LogP contribution in [0.15, 0.2) is 6.20 Å². The summed E-state index contributed by atoms with van der Waals surface area (Å²) in [5.41, 5.74) is 1.29. The molecule has 2 aliphatic carbocycles. The first-order valence-electron chi connectivity index (χ1n) is 7.91. The Bertz CT molecular complexity index is 517. The summed E-state index contributed by atoms with van der Waals surface area (Å²) < 4.78 is 29.4. The van der Waals surface area contributed by atoms with Crippen molar-refractivity contribution >= 4 is 5.91 Å². The van der Waals surface area contributed by atoms with Crippen molar-refractivity contribution in [2.75, 3.05) is 0 Å². The SMILES string of the molecule is O=C(NC1CCC1)c1cn[nH]c1C1CCCC(OC(F)F)C1. The third-order valence-corrected chi connectivity index (χ3v) is 4.68. The Morgan fingerprint density at radius 1 is 1.32 bits per heavy atom. The lowest BCUT2D eigenvalue weighted by Crippen LogP contribution is -2.39. The van der Waals surface area contributed by atoms with Crippen molar-refractivity contribution < 1.29 is 18.3 Å². The fourth-order valence-corrected chi connectivity index (χ4v) is 3.28. The maximum Gasteiger partial charge on any atom is 0.345 e. The van der Waals surface area contributed by atoms with Crippen LogP contribution in [0.1, 0.15) is 66.9 Å². The van der Waals surface area contributed by atoms with Crippen molar-refractivity contribution in [3.8, 4) is 0 Å². The van der Waals surface area contributed by atoms with Crippen molar-refractivity contribution in [1.82, 2.24) is 15.5 Å². The third-order valence-electron chi connectivity index (χ3n) is 4.68. The second-order valence-corrected chi connectivity index (χ2v) is 6.18. The number of rotatable bonds is 5. The highest BCUT2D eigenvalue weighted by molar-refractivity contribution is 5.95. The highest BCUT2D eigenvalue weighted by Gasteiger charge is 2.30. The fraction of sp³-hybridized carbons (Fsp3) is 0.733. The van der Waals surface area contributed by atoms with E-state index in [-0.39, 0.29) is 17.9 Å². The summed E-state index contributed by atoms with van der Waals surface area (Å²) in [5, 5.41) is 9.86. The van der Waals surface area contributed by atoms with Crippen LogP contribution in [0.5, 0.6) is 0 Å². The Kier molecular flexibility index (Phi) is 4.71. The summed E-state index contributed by atoms with van der Waals surface area (Å²) in [4.78, 5) is 12.3. The average molecular weight is 313 g/mol. The number of carbonyl (C=O) groups excluding carboxylic acids is 1. The van der Waals surface area contributed by atoms with E-state index in [0.717, 1.165) is 37.8 Å². The predicted octanol–water partition coefficient (Wildman–Crippen LogP) is 2.96. The van der Waals surface area contributed by atoms with Gasteiger partial charge in [-0.15, -0.1) is 0 Å². The van der Waals surface area contributed by atoms with Crippen LogP contribution in [0, 0.1) is 0 Å². The van der Waals surface area contributed by atoms with Crippen molar-refractivity contribution in [1.29, 1.82) is 0 Å². The number of halogens is 2. The molecule has 2 saturated carbocycles. The van der Waals surface area contributed by atoms with Gasteiger partial charge in [-0.25, -0.2) is 0 Å². The number of hydrogen-bond acceptors (Lipinski definition) is 3. The van der Waals surface area contributed by atoms with Crippen molar-refractivity contribution in [2.24, 2.45) is 0 Å². The number of aromatic nitrogens is 2. The minimum atomic E-state index is -2.74. The van der Waals surface area contributed by atoms with E-state index in [4.69, 9.17) is 0 Å². The molecule has 1 amide bonds. The van der Waals surface area contributed by atoms with Crippen LogP contribution in [0.4, 0.5) is 8.78 Å². The van der Waals surface area contributed by atoms with Crippen LogP contribution in [0.2, 0.25) is 0 Å². The Hall–Kier alpha value is -1.50. The number of carbonyl (C=O) groups is 1. The smallest absolute Gasteiger partial charge is 0.345 e. The van der Waals surface area contributed by atoms with Crippen LogP contribution in [-0.2, 0) is 4.74 Å². The molecule has 22 heavy (non-hydrogen) atoms. The molecule has 2 atom stereocenters. The summed E-state index contributed by atoms with van der Waals surface area (Å²) in [6.07, 6.45) is 7.07. The molecule has 5 nitrogen and oxygen atoms in total. The monoisotopic (exact) mass is 313 g/mol. The van der Waals surface area contributed by atoms with E-state index in [1.807, 2.05) is 0 Å². The molecule has 1 aromatic heterocycles. The molecule has 122 valence electrons. The van der Waals surface area contributed by atoms with Crippen molar-refractivity contribution in [3.05, 3.63) is 17.5 Å². The molecular formula is C15H21F2N3O2. The van der Waals surface area contributed by atoms with Gasteiger partial charge in [0.2, 0.25) is 0 Å². The van der Waals surface area contributed by atoms with Gasteiger partial charge in [0.1, 0.15) is 0 Å².